The van der Waals surface area contributed by atoms with Gasteiger partial charge in [-0.1, -0.05) is 0 Å². The predicted octanol–water partition coefficient (Wildman–Crippen LogP) is 0.548. The summed E-state index contributed by atoms with van der Waals surface area (Å²) in [4.78, 5) is 6.42. The summed E-state index contributed by atoms with van der Waals surface area (Å²) in [6.07, 6.45) is 7.65. The van der Waals surface area contributed by atoms with Crippen LogP contribution in [0.3, 0.4) is 0 Å². The molecule has 2 fully saturated rings. The van der Waals surface area contributed by atoms with Crippen molar-refractivity contribution in [1.29, 1.82) is 0 Å². The van der Waals surface area contributed by atoms with Crippen LogP contribution in [-0.2, 0) is 16.0 Å². The number of ether oxygens (including phenoxy) is 2. The first kappa shape index (κ1) is 13.0. The van der Waals surface area contributed by atoms with Gasteiger partial charge in [0.25, 0.3) is 0 Å². The summed E-state index contributed by atoms with van der Waals surface area (Å²) in [5, 5.41) is 4.13. The summed E-state index contributed by atoms with van der Waals surface area (Å²) >= 11 is 0. The van der Waals surface area contributed by atoms with Crippen molar-refractivity contribution in [3.05, 3.63) is 12.7 Å². The Kier molecular flexibility index (Phi) is 4.42. The molecule has 3 rings (SSSR count). The lowest BCUT2D eigenvalue weighted by atomic mass is 10.1. The number of aromatic nitrogens is 3. The van der Waals surface area contributed by atoms with Crippen molar-refractivity contribution < 1.29 is 9.47 Å². The molecule has 6 nitrogen and oxygen atoms in total. The number of hydrogen-bond donors (Lipinski definition) is 0. The first-order valence-corrected chi connectivity index (χ1v) is 7.18. The fourth-order valence-corrected chi connectivity index (χ4v) is 2.83. The molecule has 19 heavy (non-hydrogen) atoms. The van der Waals surface area contributed by atoms with E-state index in [0.717, 1.165) is 39.4 Å². The van der Waals surface area contributed by atoms with Gasteiger partial charge in [0, 0.05) is 26.2 Å². The molecular formula is C13H22N4O2. The topological polar surface area (TPSA) is 52.4 Å². The van der Waals surface area contributed by atoms with E-state index in [1.54, 1.807) is 12.7 Å². The van der Waals surface area contributed by atoms with E-state index in [-0.39, 0.29) is 6.10 Å². The summed E-state index contributed by atoms with van der Waals surface area (Å²) in [6.45, 7) is 5.51. The fraction of sp³-hybridized carbons (Fsp3) is 0.846. The van der Waals surface area contributed by atoms with E-state index >= 15 is 0 Å². The second-order valence-electron chi connectivity index (χ2n) is 5.36. The number of morpholine rings is 1. The Morgan fingerprint density at radius 1 is 1.11 bits per heavy atom. The average molecular weight is 266 g/mol. The molecule has 0 radical (unpaired) electrons. The number of nitrogens with zero attached hydrogens (tertiary/aromatic N) is 4. The monoisotopic (exact) mass is 266 g/mol. The van der Waals surface area contributed by atoms with Crippen LogP contribution >= 0.6 is 0 Å². The minimum atomic E-state index is 0.207. The first-order chi connectivity index (χ1) is 9.40. The van der Waals surface area contributed by atoms with E-state index in [2.05, 4.69) is 15.0 Å². The molecule has 0 N–H and O–H groups in total. The molecule has 106 valence electrons. The second-order valence-corrected chi connectivity index (χ2v) is 5.36. The Balaban J connectivity index is 1.47. The SMILES string of the molecule is c1ncn(CC2CN(CC3CCCCO3)CCO2)n1. The maximum atomic E-state index is 5.81. The van der Waals surface area contributed by atoms with Crippen LogP contribution in [0.4, 0.5) is 0 Å². The molecule has 2 unspecified atom stereocenters. The zero-order valence-corrected chi connectivity index (χ0v) is 11.3. The molecule has 1 aromatic rings. The highest BCUT2D eigenvalue weighted by molar-refractivity contribution is 4.76. The van der Waals surface area contributed by atoms with Crippen LogP contribution in [0.5, 0.6) is 0 Å². The Labute approximate surface area is 113 Å². The van der Waals surface area contributed by atoms with Crippen LogP contribution in [0.15, 0.2) is 12.7 Å². The molecule has 2 atom stereocenters. The van der Waals surface area contributed by atoms with Crippen molar-refractivity contribution in [2.24, 2.45) is 0 Å². The van der Waals surface area contributed by atoms with Gasteiger partial charge in [-0.15, -0.1) is 0 Å². The van der Waals surface area contributed by atoms with Crippen molar-refractivity contribution in [2.75, 3.05) is 32.8 Å². The molecule has 0 spiro atoms. The van der Waals surface area contributed by atoms with E-state index in [1.807, 2.05) is 4.68 Å². The summed E-state index contributed by atoms with van der Waals surface area (Å²) in [6, 6.07) is 0. The molecule has 2 saturated heterocycles. The maximum Gasteiger partial charge on any atom is 0.137 e. The molecular weight excluding hydrogens is 244 g/mol. The molecule has 0 bridgehead atoms. The van der Waals surface area contributed by atoms with Crippen molar-refractivity contribution in [3.63, 3.8) is 0 Å². The van der Waals surface area contributed by atoms with E-state index in [9.17, 15) is 0 Å². The van der Waals surface area contributed by atoms with Gasteiger partial charge in [0.2, 0.25) is 0 Å². The van der Waals surface area contributed by atoms with Crippen molar-refractivity contribution in [3.8, 4) is 0 Å². The fourth-order valence-electron chi connectivity index (χ4n) is 2.83. The van der Waals surface area contributed by atoms with Crippen molar-refractivity contribution >= 4 is 0 Å². The average Bonchev–Trinajstić information content (AvgIpc) is 2.93. The molecule has 6 heteroatoms. The van der Waals surface area contributed by atoms with Crippen LogP contribution in [0.1, 0.15) is 19.3 Å². The lowest BCUT2D eigenvalue weighted by molar-refractivity contribution is -0.0651. The number of rotatable bonds is 4. The molecule has 2 aliphatic heterocycles. The smallest absolute Gasteiger partial charge is 0.137 e. The minimum absolute atomic E-state index is 0.207. The molecule has 3 heterocycles. The molecule has 2 aliphatic rings. The third kappa shape index (κ3) is 3.75. The summed E-state index contributed by atoms with van der Waals surface area (Å²) in [5.74, 6) is 0. The third-order valence-electron chi connectivity index (χ3n) is 3.82. The predicted molar refractivity (Wildman–Crippen MR) is 69.8 cm³/mol. The Morgan fingerprint density at radius 2 is 2.05 bits per heavy atom. The van der Waals surface area contributed by atoms with Gasteiger partial charge < -0.3 is 9.47 Å². The van der Waals surface area contributed by atoms with Gasteiger partial charge in [0.15, 0.2) is 0 Å². The van der Waals surface area contributed by atoms with Crippen LogP contribution < -0.4 is 0 Å². The lowest BCUT2D eigenvalue weighted by Gasteiger charge is -2.35. The highest BCUT2D eigenvalue weighted by Gasteiger charge is 2.24. The summed E-state index contributed by atoms with van der Waals surface area (Å²) in [7, 11) is 0. The van der Waals surface area contributed by atoms with Gasteiger partial charge in [-0.05, 0) is 19.3 Å². The first-order valence-electron chi connectivity index (χ1n) is 7.18. The summed E-state index contributed by atoms with van der Waals surface area (Å²) < 4.78 is 13.4. The standard InChI is InChI=1S/C13H22N4O2/c1-2-5-18-12(3-1)7-16-4-6-19-13(8-16)9-17-11-14-10-15-17/h10-13H,1-9H2. The van der Waals surface area contributed by atoms with Crippen molar-refractivity contribution in [2.45, 2.75) is 38.0 Å². The van der Waals surface area contributed by atoms with Gasteiger partial charge in [-0.25, -0.2) is 4.98 Å². The Bertz CT molecular complexity index is 365. The summed E-state index contributed by atoms with van der Waals surface area (Å²) in [5.41, 5.74) is 0. The maximum absolute atomic E-state index is 5.81. The zero-order valence-electron chi connectivity index (χ0n) is 11.3. The molecule has 0 amide bonds. The van der Waals surface area contributed by atoms with Crippen LogP contribution in [0.25, 0.3) is 0 Å². The molecule has 1 aromatic heterocycles. The van der Waals surface area contributed by atoms with Crippen LogP contribution in [-0.4, -0.2) is 64.7 Å². The van der Waals surface area contributed by atoms with E-state index in [1.165, 1.54) is 19.3 Å². The largest absolute Gasteiger partial charge is 0.377 e. The Hall–Kier alpha value is -0.980. The van der Waals surface area contributed by atoms with E-state index in [4.69, 9.17) is 9.47 Å². The van der Waals surface area contributed by atoms with Crippen molar-refractivity contribution in [1.82, 2.24) is 19.7 Å². The van der Waals surface area contributed by atoms with E-state index < -0.39 is 0 Å². The zero-order chi connectivity index (χ0) is 12.9. The highest BCUT2D eigenvalue weighted by Crippen LogP contribution is 2.16. The normalized spacial score (nSPS) is 29.5. The lowest BCUT2D eigenvalue weighted by Crippen LogP contribution is -2.47. The Morgan fingerprint density at radius 3 is 2.84 bits per heavy atom. The van der Waals surface area contributed by atoms with Crippen LogP contribution in [0.2, 0.25) is 0 Å². The van der Waals surface area contributed by atoms with Gasteiger partial charge >= 0.3 is 0 Å². The van der Waals surface area contributed by atoms with E-state index in [0.29, 0.717) is 6.10 Å². The minimum Gasteiger partial charge on any atom is -0.377 e. The highest BCUT2D eigenvalue weighted by atomic mass is 16.5. The van der Waals surface area contributed by atoms with Gasteiger partial charge in [0.05, 0.1) is 25.4 Å². The second kappa shape index (κ2) is 6.45. The van der Waals surface area contributed by atoms with Crippen LogP contribution in [0, 0.1) is 0 Å². The molecule has 0 aromatic carbocycles. The van der Waals surface area contributed by atoms with Gasteiger partial charge in [-0.3, -0.25) is 9.58 Å². The quantitative estimate of drug-likeness (QED) is 0.796. The molecule has 0 aliphatic carbocycles. The third-order valence-corrected chi connectivity index (χ3v) is 3.82. The molecule has 0 saturated carbocycles. The van der Waals surface area contributed by atoms with Gasteiger partial charge in [0.1, 0.15) is 12.7 Å². The van der Waals surface area contributed by atoms with Gasteiger partial charge in [-0.2, -0.15) is 5.10 Å². The number of hydrogen-bond acceptors (Lipinski definition) is 5.